The monoisotopic (exact) mass is 266 g/mol. The summed E-state index contributed by atoms with van der Waals surface area (Å²) in [5, 5.41) is 13.0. The Balaban J connectivity index is 2.50. The van der Waals surface area contributed by atoms with Gasteiger partial charge in [-0.1, -0.05) is 5.92 Å². The van der Waals surface area contributed by atoms with E-state index in [-0.39, 0.29) is 18.1 Å². The molecule has 19 heavy (non-hydrogen) atoms. The fraction of sp³-hybridized carbons (Fsp3) is 0.455. The molecule has 0 unspecified atom stereocenters. The second kappa shape index (κ2) is 5.86. The lowest BCUT2D eigenvalue weighted by molar-refractivity contribution is -0.389. The van der Waals surface area contributed by atoms with Gasteiger partial charge >= 0.3 is 11.9 Å². The van der Waals surface area contributed by atoms with E-state index >= 15 is 0 Å². The Bertz CT molecular complexity index is 533. The van der Waals surface area contributed by atoms with Crippen LogP contribution < -0.4 is 5.32 Å². The number of imidazole rings is 1. The molecule has 0 saturated carbocycles. The van der Waals surface area contributed by atoms with E-state index in [1.165, 1.54) is 6.33 Å². The molecule has 0 aliphatic heterocycles. The SMILES string of the molecule is CC(C)(C)OC(=O)NCC#Cc1nc[nH]c1[N+](=O)[O-]. The molecule has 0 aliphatic rings. The Labute approximate surface area is 109 Å². The van der Waals surface area contributed by atoms with Crippen molar-refractivity contribution in [1.29, 1.82) is 0 Å². The Morgan fingerprint density at radius 2 is 2.32 bits per heavy atom. The van der Waals surface area contributed by atoms with E-state index in [0.29, 0.717) is 0 Å². The topological polar surface area (TPSA) is 110 Å². The van der Waals surface area contributed by atoms with Gasteiger partial charge in [-0.2, -0.15) is 4.98 Å². The lowest BCUT2D eigenvalue weighted by Crippen LogP contribution is -2.32. The maximum atomic E-state index is 11.3. The summed E-state index contributed by atoms with van der Waals surface area (Å²) in [7, 11) is 0. The molecular formula is C11H14N4O4. The highest BCUT2D eigenvalue weighted by Gasteiger charge is 2.15. The zero-order valence-corrected chi connectivity index (χ0v) is 10.8. The zero-order valence-electron chi connectivity index (χ0n) is 10.8. The minimum Gasteiger partial charge on any atom is -0.444 e. The third-order valence-corrected chi connectivity index (χ3v) is 1.73. The Hall–Kier alpha value is -2.56. The average Bonchev–Trinajstić information content (AvgIpc) is 2.70. The number of carbonyl (C=O) groups is 1. The summed E-state index contributed by atoms with van der Waals surface area (Å²) in [6.45, 7) is 5.24. The van der Waals surface area contributed by atoms with Crippen molar-refractivity contribution in [3.05, 3.63) is 22.1 Å². The molecule has 0 radical (unpaired) electrons. The number of nitrogens with one attached hydrogen (secondary N) is 2. The first-order chi connectivity index (χ1) is 8.79. The van der Waals surface area contributed by atoms with Crippen LogP contribution >= 0.6 is 0 Å². The van der Waals surface area contributed by atoms with Gasteiger partial charge in [0.25, 0.3) is 0 Å². The van der Waals surface area contributed by atoms with E-state index < -0.39 is 16.6 Å². The predicted octanol–water partition coefficient (Wildman–Crippen LogP) is 1.19. The van der Waals surface area contributed by atoms with Crippen LogP contribution in [0.4, 0.5) is 10.6 Å². The minimum atomic E-state index is -0.613. The highest BCUT2D eigenvalue weighted by molar-refractivity contribution is 5.68. The minimum absolute atomic E-state index is 0.0128. The van der Waals surface area contributed by atoms with Crippen LogP contribution in [-0.4, -0.2) is 33.1 Å². The molecule has 0 aliphatic carbocycles. The van der Waals surface area contributed by atoms with Crippen molar-refractivity contribution >= 4 is 11.9 Å². The molecule has 1 rings (SSSR count). The highest BCUT2D eigenvalue weighted by Crippen LogP contribution is 2.09. The summed E-state index contributed by atoms with van der Waals surface area (Å²) in [5.41, 5.74) is -0.561. The fourth-order valence-electron chi connectivity index (χ4n) is 1.08. The molecule has 0 fully saturated rings. The average molecular weight is 266 g/mol. The third kappa shape index (κ3) is 5.08. The molecule has 8 nitrogen and oxygen atoms in total. The second-order valence-electron chi connectivity index (χ2n) is 4.51. The number of carbonyl (C=O) groups excluding carboxylic acids is 1. The molecular weight excluding hydrogens is 252 g/mol. The number of hydrogen-bond donors (Lipinski definition) is 2. The van der Waals surface area contributed by atoms with Crippen LogP contribution in [0.15, 0.2) is 6.33 Å². The lowest BCUT2D eigenvalue weighted by Gasteiger charge is -2.18. The largest absolute Gasteiger partial charge is 0.444 e. The van der Waals surface area contributed by atoms with E-state index in [4.69, 9.17) is 4.74 Å². The van der Waals surface area contributed by atoms with Gasteiger partial charge in [-0.05, 0) is 31.6 Å². The normalized spacial score (nSPS) is 10.3. The van der Waals surface area contributed by atoms with Gasteiger partial charge in [0.15, 0.2) is 6.33 Å². The van der Waals surface area contributed by atoms with Gasteiger partial charge in [-0.3, -0.25) is 0 Å². The number of nitrogens with zero attached hydrogens (tertiary/aromatic N) is 2. The van der Waals surface area contributed by atoms with Gasteiger partial charge in [0.1, 0.15) is 5.60 Å². The smallest absolute Gasteiger partial charge is 0.408 e. The van der Waals surface area contributed by atoms with E-state index in [0.717, 1.165) is 0 Å². The molecule has 0 bridgehead atoms. The Kier molecular flexibility index (Phi) is 4.47. The van der Waals surface area contributed by atoms with Crippen molar-refractivity contribution in [1.82, 2.24) is 15.3 Å². The molecule has 2 N–H and O–H groups in total. The quantitative estimate of drug-likeness (QED) is 0.474. The molecule has 0 spiro atoms. The fourth-order valence-corrected chi connectivity index (χ4v) is 1.08. The number of rotatable bonds is 2. The number of aromatic nitrogens is 2. The molecule has 1 heterocycles. The van der Waals surface area contributed by atoms with Crippen LogP contribution in [0, 0.1) is 22.0 Å². The van der Waals surface area contributed by atoms with Crippen LogP contribution in [0.25, 0.3) is 0 Å². The highest BCUT2D eigenvalue weighted by atomic mass is 16.6. The number of alkyl carbamates (subject to hydrolysis) is 1. The van der Waals surface area contributed by atoms with Gasteiger partial charge in [0, 0.05) is 0 Å². The van der Waals surface area contributed by atoms with E-state index in [2.05, 4.69) is 27.1 Å². The summed E-state index contributed by atoms with van der Waals surface area (Å²) in [4.78, 5) is 27.3. The van der Waals surface area contributed by atoms with E-state index in [1.807, 2.05) is 0 Å². The van der Waals surface area contributed by atoms with Crippen LogP contribution in [0.2, 0.25) is 0 Å². The number of aromatic amines is 1. The van der Waals surface area contributed by atoms with Crippen LogP contribution in [0.1, 0.15) is 26.5 Å². The standard InChI is InChI=1S/C11H14N4O4/c1-11(2,3)19-10(16)12-6-4-5-8-9(15(17)18)14-7-13-8/h7H,6H2,1-3H3,(H,12,16)(H,13,14). The van der Waals surface area contributed by atoms with Gasteiger partial charge in [-0.25, -0.2) is 9.78 Å². The summed E-state index contributed by atoms with van der Waals surface area (Å²) >= 11 is 0. The van der Waals surface area contributed by atoms with Gasteiger partial charge < -0.3 is 20.2 Å². The van der Waals surface area contributed by atoms with Gasteiger partial charge in [0.2, 0.25) is 5.69 Å². The molecule has 0 atom stereocenters. The van der Waals surface area contributed by atoms with Crippen molar-refractivity contribution in [2.45, 2.75) is 26.4 Å². The molecule has 1 amide bonds. The van der Waals surface area contributed by atoms with E-state index in [1.54, 1.807) is 20.8 Å². The molecule has 0 aromatic carbocycles. The molecule has 1 aromatic heterocycles. The number of H-pyrrole nitrogens is 1. The number of hydrogen-bond acceptors (Lipinski definition) is 5. The molecule has 8 heteroatoms. The number of ether oxygens (including phenoxy) is 1. The number of nitro groups is 1. The van der Waals surface area contributed by atoms with Crippen molar-refractivity contribution in [2.75, 3.05) is 6.54 Å². The zero-order chi connectivity index (χ0) is 14.5. The van der Waals surface area contributed by atoms with E-state index in [9.17, 15) is 14.9 Å². The Morgan fingerprint density at radius 3 is 2.89 bits per heavy atom. The van der Waals surface area contributed by atoms with Crippen molar-refractivity contribution < 1.29 is 14.5 Å². The maximum absolute atomic E-state index is 11.3. The third-order valence-electron chi connectivity index (χ3n) is 1.73. The molecule has 0 saturated heterocycles. The first-order valence-electron chi connectivity index (χ1n) is 5.43. The van der Waals surface area contributed by atoms with Crippen LogP contribution in [0.3, 0.4) is 0 Å². The Morgan fingerprint density at radius 1 is 1.63 bits per heavy atom. The predicted molar refractivity (Wildman–Crippen MR) is 66.4 cm³/mol. The van der Waals surface area contributed by atoms with Gasteiger partial charge in [-0.15, -0.1) is 0 Å². The van der Waals surface area contributed by atoms with Crippen LogP contribution in [-0.2, 0) is 4.74 Å². The van der Waals surface area contributed by atoms with Crippen LogP contribution in [0.5, 0.6) is 0 Å². The summed E-state index contributed by atoms with van der Waals surface area (Å²) < 4.78 is 4.99. The summed E-state index contributed by atoms with van der Waals surface area (Å²) in [6, 6.07) is 0. The summed E-state index contributed by atoms with van der Waals surface area (Å²) in [5.74, 6) is 4.77. The van der Waals surface area contributed by atoms with Crippen molar-refractivity contribution in [2.24, 2.45) is 0 Å². The second-order valence-corrected chi connectivity index (χ2v) is 4.51. The molecule has 102 valence electrons. The molecule has 1 aromatic rings. The summed E-state index contributed by atoms with van der Waals surface area (Å²) in [6.07, 6.45) is 0.585. The van der Waals surface area contributed by atoms with Crippen molar-refractivity contribution in [3.8, 4) is 11.8 Å². The first-order valence-corrected chi connectivity index (χ1v) is 5.43. The van der Waals surface area contributed by atoms with Gasteiger partial charge in [0.05, 0.1) is 6.54 Å². The first kappa shape index (κ1) is 14.5. The van der Waals surface area contributed by atoms with Crippen molar-refractivity contribution in [3.63, 3.8) is 0 Å². The lowest BCUT2D eigenvalue weighted by atomic mass is 10.2. The number of amides is 1. The maximum Gasteiger partial charge on any atom is 0.408 e.